The van der Waals surface area contributed by atoms with Crippen molar-refractivity contribution in [2.45, 2.75) is 46.7 Å². The third kappa shape index (κ3) is 6.45. The van der Waals surface area contributed by atoms with Crippen molar-refractivity contribution in [3.05, 3.63) is 82.2 Å². The number of carbonyl (C=O) groups excluding carboxylic acids is 1. The van der Waals surface area contributed by atoms with Crippen LogP contribution in [0.3, 0.4) is 0 Å². The molecule has 0 atom stereocenters. The fourth-order valence-electron chi connectivity index (χ4n) is 4.27. The van der Waals surface area contributed by atoms with Crippen LogP contribution in [0.25, 0.3) is 11.1 Å². The summed E-state index contributed by atoms with van der Waals surface area (Å²) in [5.74, 6) is -4.73. The van der Waals surface area contributed by atoms with Gasteiger partial charge in [0, 0.05) is 40.5 Å². The van der Waals surface area contributed by atoms with Gasteiger partial charge in [0.25, 0.3) is 0 Å². The van der Waals surface area contributed by atoms with Crippen LogP contribution >= 0.6 is 0 Å². The number of primary amides is 1. The van der Waals surface area contributed by atoms with E-state index in [-0.39, 0.29) is 58.4 Å². The summed E-state index contributed by atoms with van der Waals surface area (Å²) in [6.07, 6.45) is -4.96. The number of alkyl halides is 3. The molecule has 0 aliphatic carbocycles. The minimum Gasteiger partial charge on any atom is -0.457 e. The molecule has 198 valence electrons. The molecule has 0 aliphatic rings. The minimum absolute atomic E-state index is 0.0610. The summed E-state index contributed by atoms with van der Waals surface area (Å²) in [6, 6.07) is 6.91. The van der Waals surface area contributed by atoms with Crippen molar-refractivity contribution in [1.29, 1.82) is 0 Å². The average Bonchev–Trinajstić information content (AvgIpc) is 2.73. The lowest BCUT2D eigenvalue weighted by atomic mass is 9.87. The Labute approximate surface area is 211 Å². The van der Waals surface area contributed by atoms with Crippen LogP contribution in [-0.2, 0) is 19.0 Å². The molecule has 0 bridgehead atoms. The molecule has 37 heavy (non-hydrogen) atoms. The normalized spacial score (nSPS) is 11.9. The van der Waals surface area contributed by atoms with Crippen molar-refractivity contribution in [2.24, 2.45) is 17.6 Å². The molecule has 3 aromatic carbocycles. The fraction of sp³-hybridized carbons (Fsp3) is 0.321. The zero-order valence-corrected chi connectivity index (χ0v) is 20.8. The van der Waals surface area contributed by atoms with E-state index in [0.717, 1.165) is 24.3 Å². The Balaban J connectivity index is 2.31. The molecule has 9 heteroatoms. The maximum Gasteiger partial charge on any atom is 0.417 e. The van der Waals surface area contributed by atoms with E-state index in [1.165, 1.54) is 12.1 Å². The fourth-order valence-corrected chi connectivity index (χ4v) is 4.27. The van der Waals surface area contributed by atoms with Crippen LogP contribution in [0.5, 0.6) is 11.5 Å². The lowest BCUT2D eigenvalue weighted by molar-refractivity contribution is -0.137. The molecule has 0 saturated carbocycles. The maximum atomic E-state index is 15.7. The van der Waals surface area contributed by atoms with E-state index in [2.05, 4.69) is 0 Å². The van der Waals surface area contributed by atoms with Gasteiger partial charge < -0.3 is 10.5 Å². The first kappa shape index (κ1) is 28.1. The van der Waals surface area contributed by atoms with Crippen LogP contribution in [0, 0.1) is 29.3 Å². The third-order valence-corrected chi connectivity index (χ3v) is 5.64. The monoisotopic (exact) mass is 523 g/mol. The Morgan fingerprint density at radius 1 is 0.838 bits per heavy atom. The van der Waals surface area contributed by atoms with E-state index in [1.54, 1.807) is 27.7 Å². The van der Waals surface area contributed by atoms with Crippen LogP contribution in [0.15, 0.2) is 42.5 Å². The largest absolute Gasteiger partial charge is 0.457 e. The molecule has 0 unspecified atom stereocenters. The molecule has 3 nitrogen and oxygen atoms in total. The van der Waals surface area contributed by atoms with Crippen molar-refractivity contribution in [2.75, 3.05) is 0 Å². The molecular weight excluding hydrogens is 496 g/mol. The Hall–Kier alpha value is -3.49. The predicted octanol–water partition coefficient (Wildman–Crippen LogP) is 8.08. The van der Waals surface area contributed by atoms with Gasteiger partial charge in [-0.05, 0) is 48.4 Å². The number of hydrogen-bond acceptors (Lipinski definition) is 2. The van der Waals surface area contributed by atoms with Gasteiger partial charge in [-0.3, -0.25) is 4.79 Å². The Morgan fingerprint density at radius 3 is 1.89 bits per heavy atom. The molecule has 0 heterocycles. The predicted molar refractivity (Wildman–Crippen MR) is 129 cm³/mol. The molecule has 1 amide bonds. The second kappa shape index (κ2) is 10.9. The molecule has 0 spiro atoms. The second-order valence-electron chi connectivity index (χ2n) is 9.68. The number of halogens is 6. The molecule has 2 N–H and O–H groups in total. The lowest BCUT2D eigenvalue weighted by Gasteiger charge is -2.23. The van der Waals surface area contributed by atoms with Crippen molar-refractivity contribution >= 4 is 5.91 Å². The van der Waals surface area contributed by atoms with Crippen LogP contribution in [0.1, 0.15) is 54.7 Å². The van der Waals surface area contributed by atoms with Crippen LogP contribution in [-0.4, -0.2) is 5.91 Å². The van der Waals surface area contributed by atoms with Gasteiger partial charge in [-0.1, -0.05) is 33.8 Å². The summed E-state index contributed by atoms with van der Waals surface area (Å²) in [5.41, 5.74) is 3.02. The van der Waals surface area contributed by atoms with Gasteiger partial charge in [-0.2, -0.15) is 13.2 Å². The number of amides is 1. The van der Waals surface area contributed by atoms with E-state index in [0.29, 0.717) is 6.07 Å². The summed E-state index contributed by atoms with van der Waals surface area (Å²) in [4.78, 5) is 11.9. The van der Waals surface area contributed by atoms with Gasteiger partial charge in [-0.15, -0.1) is 0 Å². The van der Waals surface area contributed by atoms with Crippen molar-refractivity contribution in [1.82, 2.24) is 0 Å². The summed E-state index contributed by atoms with van der Waals surface area (Å²) < 4.78 is 92.3. The van der Waals surface area contributed by atoms with Crippen LogP contribution in [0.2, 0.25) is 0 Å². The number of hydrogen-bond donors (Lipinski definition) is 1. The molecule has 0 aromatic heterocycles. The second-order valence-corrected chi connectivity index (χ2v) is 9.68. The van der Waals surface area contributed by atoms with E-state index in [4.69, 9.17) is 10.5 Å². The number of carbonyl (C=O) groups is 1. The Kier molecular flexibility index (Phi) is 8.25. The van der Waals surface area contributed by atoms with E-state index >= 15 is 4.39 Å². The first-order chi connectivity index (χ1) is 17.2. The number of benzene rings is 3. The van der Waals surface area contributed by atoms with Crippen LogP contribution in [0.4, 0.5) is 26.3 Å². The van der Waals surface area contributed by atoms with Gasteiger partial charge in [0.2, 0.25) is 5.91 Å². The number of rotatable bonds is 8. The third-order valence-electron chi connectivity index (χ3n) is 5.64. The summed E-state index contributed by atoms with van der Waals surface area (Å²) in [7, 11) is 0. The maximum absolute atomic E-state index is 15.7. The van der Waals surface area contributed by atoms with Gasteiger partial charge in [0.1, 0.15) is 29.0 Å². The molecular formula is C28H27F6NO2. The summed E-state index contributed by atoms with van der Waals surface area (Å²) in [5, 5.41) is 0. The van der Waals surface area contributed by atoms with Gasteiger partial charge in [-0.25, -0.2) is 13.2 Å². The first-order valence-electron chi connectivity index (χ1n) is 11.7. The zero-order chi connectivity index (χ0) is 27.7. The van der Waals surface area contributed by atoms with Crippen LogP contribution < -0.4 is 10.5 Å². The number of ether oxygens (including phenoxy) is 1. The van der Waals surface area contributed by atoms with Gasteiger partial charge in [0.15, 0.2) is 0 Å². The minimum atomic E-state index is -4.93. The quantitative estimate of drug-likeness (QED) is 0.304. The first-order valence-corrected chi connectivity index (χ1v) is 11.7. The molecule has 0 aliphatic heterocycles. The molecule has 0 fully saturated rings. The SMILES string of the molecule is CC(C)Cc1c(C(N)=O)ccc(-c2ccc(Oc3cc(F)cc(F)c3)c(CC(C)C)c2C(F)(F)F)c1F. The molecule has 0 radical (unpaired) electrons. The van der Waals surface area contributed by atoms with Crippen molar-refractivity contribution in [3.8, 4) is 22.6 Å². The van der Waals surface area contributed by atoms with Crippen molar-refractivity contribution in [3.63, 3.8) is 0 Å². The summed E-state index contributed by atoms with van der Waals surface area (Å²) in [6.45, 7) is 6.95. The molecule has 3 rings (SSSR count). The zero-order valence-electron chi connectivity index (χ0n) is 20.8. The smallest absolute Gasteiger partial charge is 0.417 e. The standard InChI is InChI=1S/C28H27F6NO2/c1-14(2)9-22-21(27(35)36)6-5-20(26(22)31)19-7-8-24(37-18-12-16(29)11-17(30)13-18)23(10-15(3)4)25(19)28(32,33)34/h5-8,11-15H,9-10H2,1-4H3,(H2,35,36). The topological polar surface area (TPSA) is 52.3 Å². The van der Waals surface area contributed by atoms with Crippen molar-refractivity contribution < 1.29 is 35.9 Å². The highest BCUT2D eigenvalue weighted by atomic mass is 19.4. The molecule has 0 saturated heterocycles. The Morgan fingerprint density at radius 2 is 1.38 bits per heavy atom. The molecule has 3 aromatic rings. The summed E-state index contributed by atoms with van der Waals surface area (Å²) >= 11 is 0. The highest BCUT2D eigenvalue weighted by molar-refractivity contribution is 5.95. The highest BCUT2D eigenvalue weighted by Gasteiger charge is 2.39. The van der Waals surface area contributed by atoms with E-state index in [9.17, 15) is 26.7 Å². The van der Waals surface area contributed by atoms with E-state index in [1.807, 2.05) is 0 Å². The number of nitrogens with two attached hydrogens (primary N) is 1. The van der Waals surface area contributed by atoms with Gasteiger partial charge >= 0.3 is 6.18 Å². The average molecular weight is 524 g/mol. The van der Waals surface area contributed by atoms with Gasteiger partial charge in [0.05, 0.1) is 5.56 Å². The Bertz CT molecular complexity index is 1290. The lowest BCUT2D eigenvalue weighted by Crippen LogP contribution is -2.18. The highest BCUT2D eigenvalue weighted by Crippen LogP contribution is 2.45. The van der Waals surface area contributed by atoms with E-state index < -0.39 is 40.7 Å².